The van der Waals surface area contributed by atoms with Crippen LogP contribution in [0.1, 0.15) is 6.92 Å². The van der Waals surface area contributed by atoms with Crippen LogP contribution in [0.5, 0.6) is 0 Å². The number of aliphatic hydroxyl groups excluding tert-OH is 1. The van der Waals surface area contributed by atoms with Crippen molar-refractivity contribution in [3.05, 3.63) is 11.8 Å². The summed E-state index contributed by atoms with van der Waals surface area (Å²) in [5.41, 5.74) is 0. The van der Waals surface area contributed by atoms with Gasteiger partial charge in [0.1, 0.15) is 5.76 Å². The molecule has 1 heterocycles. The maximum absolute atomic E-state index is 10.2. The molecule has 0 unspecified atom stereocenters. The highest BCUT2D eigenvalue weighted by Crippen LogP contribution is 2.10. The molecule has 0 aromatic rings. The van der Waals surface area contributed by atoms with E-state index in [0.29, 0.717) is 0 Å². The van der Waals surface area contributed by atoms with E-state index in [9.17, 15) is 4.79 Å². The Bertz CT molecular complexity index is 148. The summed E-state index contributed by atoms with van der Waals surface area (Å²) in [4.78, 5) is 10.2. The maximum Gasteiger partial charge on any atom is 0.335 e. The first-order valence-electron chi connectivity index (χ1n) is 2.31. The van der Waals surface area contributed by atoms with Gasteiger partial charge in [-0.2, -0.15) is 0 Å². The normalized spacial score (nSPS) is 27.4. The average Bonchev–Trinajstić information content (AvgIpc) is 1.85. The van der Waals surface area contributed by atoms with E-state index in [0.717, 1.165) is 6.08 Å². The first-order valence-corrected chi connectivity index (χ1v) is 2.31. The summed E-state index contributed by atoms with van der Waals surface area (Å²) < 4.78 is 4.49. The molecule has 1 atom stereocenters. The van der Waals surface area contributed by atoms with Crippen LogP contribution in [0.4, 0.5) is 0 Å². The van der Waals surface area contributed by atoms with Crippen LogP contribution < -0.4 is 0 Å². The third-order valence-electron chi connectivity index (χ3n) is 0.975. The molecular formula is C5H6O3. The predicted octanol–water partition coefficient (Wildman–Crippen LogP) is 0.374. The Morgan fingerprint density at radius 1 is 1.88 bits per heavy atom. The van der Waals surface area contributed by atoms with Gasteiger partial charge in [-0.3, -0.25) is 0 Å². The van der Waals surface area contributed by atoms with Crippen molar-refractivity contribution in [2.75, 3.05) is 0 Å². The highest BCUT2D eigenvalue weighted by atomic mass is 16.6. The van der Waals surface area contributed by atoms with Crippen molar-refractivity contribution in [2.45, 2.75) is 13.0 Å². The van der Waals surface area contributed by atoms with E-state index < -0.39 is 12.1 Å². The maximum atomic E-state index is 10.2. The molecule has 0 aliphatic carbocycles. The average molecular weight is 114 g/mol. The van der Waals surface area contributed by atoms with E-state index in [-0.39, 0.29) is 5.76 Å². The number of carbonyl (C=O) groups is 1. The molecule has 0 fully saturated rings. The van der Waals surface area contributed by atoms with Crippen LogP contribution in [0, 0.1) is 0 Å². The molecule has 0 saturated carbocycles. The minimum atomic E-state index is -0.463. The highest BCUT2D eigenvalue weighted by molar-refractivity contribution is 5.85. The fourth-order valence-corrected chi connectivity index (χ4v) is 0.507. The smallest absolute Gasteiger partial charge is 0.335 e. The van der Waals surface area contributed by atoms with Crippen LogP contribution in [0.2, 0.25) is 0 Å². The standard InChI is InChI=1S/C5H6O3/c1-3-4(6)2-5(7)8-3/h2-3,6H,1H3/t3-/m1/s1. The third-order valence-corrected chi connectivity index (χ3v) is 0.975. The zero-order valence-electron chi connectivity index (χ0n) is 4.42. The molecule has 1 rings (SSSR count). The van der Waals surface area contributed by atoms with Gasteiger partial charge in [-0.15, -0.1) is 0 Å². The molecule has 3 heteroatoms. The van der Waals surface area contributed by atoms with Gasteiger partial charge in [-0.05, 0) is 6.92 Å². The molecule has 0 saturated heterocycles. The van der Waals surface area contributed by atoms with Crippen molar-refractivity contribution in [1.82, 2.24) is 0 Å². The number of cyclic esters (lactones) is 1. The van der Waals surface area contributed by atoms with Crippen LogP contribution >= 0.6 is 0 Å². The van der Waals surface area contributed by atoms with E-state index in [4.69, 9.17) is 5.11 Å². The van der Waals surface area contributed by atoms with Crippen molar-refractivity contribution in [3.8, 4) is 0 Å². The van der Waals surface area contributed by atoms with E-state index in [2.05, 4.69) is 4.74 Å². The zero-order valence-corrected chi connectivity index (χ0v) is 4.42. The fourth-order valence-electron chi connectivity index (χ4n) is 0.507. The molecule has 0 amide bonds. The van der Waals surface area contributed by atoms with E-state index in [1.807, 2.05) is 0 Å². The second kappa shape index (κ2) is 1.51. The summed E-state index contributed by atoms with van der Waals surface area (Å²) in [5, 5.41) is 8.68. The van der Waals surface area contributed by atoms with Gasteiger partial charge >= 0.3 is 5.97 Å². The number of carbonyl (C=O) groups excluding carboxylic acids is 1. The molecule has 1 aliphatic rings. The van der Waals surface area contributed by atoms with Gasteiger partial charge in [0.25, 0.3) is 0 Å². The Morgan fingerprint density at radius 3 is 2.62 bits per heavy atom. The summed E-state index contributed by atoms with van der Waals surface area (Å²) in [5.74, 6) is -0.454. The number of rotatable bonds is 0. The van der Waals surface area contributed by atoms with Gasteiger partial charge in [0, 0.05) is 0 Å². The number of hydrogen-bond acceptors (Lipinski definition) is 3. The summed E-state index contributed by atoms with van der Waals surface area (Å²) in [7, 11) is 0. The number of ether oxygens (including phenoxy) is 1. The van der Waals surface area contributed by atoms with Gasteiger partial charge in [0.05, 0.1) is 6.08 Å². The molecule has 1 aliphatic heterocycles. The minimum Gasteiger partial charge on any atom is -0.508 e. The molecule has 8 heavy (non-hydrogen) atoms. The van der Waals surface area contributed by atoms with Crippen molar-refractivity contribution >= 4 is 5.97 Å². The number of hydrogen-bond donors (Lipinski definition) is 1. The molecule has 44 valence electrons. The first-order chi connectivity index (χ1) is 3.70. The van der Waals surface area contributed by atoms with Crippen molar-refractivity contribution in [2.24, 2.45) is 0 Å². The minimum absolute atomic E-state index is 0.00926. The Kier molecular flexibility index (Phi) is 0.970. The van der Waals surface area contributed by atoms with Crippen LogP contribution in [0.3, 0.4) is 0 Å². The van der Waals surface area contributed by atoms with E-state index in [1.165, 1.54) is 0 Å². The Morgan fingerprint density at radius 2 is 2.50 bits per heavy atom. The lowest BCUT2D eigenvalue weighted by Gasteiger charge is -1.99. The fraction of sp³-hybridized carbons (Fsp3) is 0.400. The van der Waals surface area contributed by atoms with Gasteiger partial charge in [0.2, 0.25) is 0 Å². The summed E-state index contributed by atoms with van der Waals surface area (Å²) >= 11 is 0. The number of aliphatic hydroxyl groups is 1. The topological polar surface area (TPSA) is 46.5 Å². The van der Waals surface area contributed by atoms with E-state index in [1.54, 1.807) is 6.92 Å². The molecule has 0 radical (unpaired) electrons. The number of esters is 1. The predicted molar refractivity (Wildman–Crippen MR) is 26.3 cm³/mol. The Balaban J connectivity index is 2.73. The van der Waals surface area contributed by atoms with Crippen LogP contribution in [0.25, 0.3) is 0 Å². The third kappa shape index (κ3) is 0.665. The van der Waals surface area contributed by atoms with Gasteiger partial charge < -0.3 is 9.84 Å². The lowest BCUT2D eigenvalue weighted by molar-refractivity contribution is -0.138. The largest absolute Gasteiger partial charge is 0.508 e. The summed E-state index contributed by atoms with van der Waals surface area (Å²) in [6, 6.07) is 0. The monoisotopic (exact) mass is 114 g/mol. The first kappa shape index (κ1) is 5.15. The van der Waals surface area contributed by atoms with Crippen LogP contribution in [-0.4, -0.2) is 17.2 Å². The van der Waals surface area contributed by atoms with Crippen LogP contribution in [-0.2, 0) is 9.53 Å². The summed E-state index contributed by atoms with van der Waals surface area (Å²) in [6.45, 7) is 1.61. The van der Waals surface area contributed by atoms with Crippen molar-refractivity contribution < 1.29 is 14.6 Å². The molecule has 0 spiro atoms. The molecule has 3 nitrogen and oxygen atoms in total. The molecule has 1 N–H and O–H groups in total. The molecule has 0 bridgehead atoms. The lowest BCUT2D eigenvalue weighted by atomic mass is 10.3. The SMILES string of the molecule is C[C@H]1OC(=O)C=C1O. The molecular weight excluding hydrogens is 108 g/mol. The zero-order chi connectivity index (χ0) is 6.15. The second-order valence-corrected chi connectivity index (χ2v) is 1.65. The van der Waals surface area contributed by atoms with Crippen LogP contribution in [0.15, 0.2) is 11.8 Å². The van der Waals surface area contributed by atoms with Gasteiger partial charge in [0.15, 0.2) is 6.10 Å². The second-order valence-electron chi connectivity index (χ2n) is 1.65. The Hall–Kier alpha value is -0.990. The van der Waals surface area contributed by atoms with Crippen molar-refractivity contribution in [3.63, 3.8) is 0 Å². The highest BCUT2D eigenvalue weighted by Gasteiger charge is 2.19. The van der Waals surface area contributed by atoms with Gasteiger partial charge in [-0.25, -0.2) is 4.79 Å². The van der Waals surface area contributed by atoms with Crippen molar-refractivity contribution in [1.29, 1.82) is 0 Å². The lowest BCUT2D eigenvalue weighted by Crippen LogP contribution is -2.04. The van der Waals surface area contributed by atoms with E-state index >= 15 is 0 Å². The Labute approximate surface area is 46.6 Å². The molecule has 0 aromatic carbocycles. The van der Waals surface area contributed by atoms with Gasteiger partial charge in [-0.1, -0.05) is 0 Å². The summed E-state index contributed by atoms with van der Waals surface area (Å²) in [6.07, 6.45) is 0.632. The molecule has 0 aromatic heterocycles. The quantitative estimate of drug-likeness (QED) is 0.463.